The van der Waals surface area contributed by atoms with E-state index in [-0.39, 0.29) is 11.9 Å². The number of esters is 1. The van der Waals surface area contributed by atoms with E-state index in [1.807, 2.05) is 12.1 Å². The zero-order chi connectivity index (χ0) is 18.4. The third-order valence-corrected chi connectivity index (χ3v) is 4.93. The van der Waals surface area contributed by atoms with Crippen molar-refractivity contribution in [3.05, 3.63) is 52.0 Å². The lowest BCUT2D eigenvalue weighted by Crippen LogP contribution is -2.36. The molecule has 0 radical (unpaired) electrons. The maximum Gasteiger partial charge on any atom is 0.337 e. The van der Waals surface area contributed by atoms with Crippen LogP contribution in [0.3, 0.4) is 0 Å². The van der Waals surface area contributed by atoms with Crippen molar-refractivity contribution in [2.24, 2.45) is 0 Å². The van der Waals surface area contributed by atoms with Gasteiger partial charge in [0.05, 0.1) is 18.4 Å². The lowest BCUT2D eigenvalue weighted by atomic mass is 10.0. The van der Waals surface area contributed by atoms with Gasteiger partial charge in [0.25, 0.3) is 5.91 Å². The van der Waals surface area contributed by atoms with E-state index >= 15 is 0 Å². The van der Waals surface area contributed by atoms with Gasteiger partial charge in [-0.05, 0) is 32.0 Å². The number of nitrogens with one attached hydrogen (secondary N) is 1. The molecule has 3 heterocycles. The number of ether oxygens (including phenoxy) is 1. The third-order valence-electron chi connectivity index (χ3n) is 4.93. The first-order chi connectivity index (χ1) is 12.5. The van der Waals surface area contributed by atoms with Crippen LogP contribution in [-0.4, -0.2) is 40.6 Å². The smallest absolute Gasteiger partial charge is 0.337 e. The van der Waals surface area contributed by atoms with Crippen LogP contribution >= 0.6 is 0 Å². The summed E-state index contributed by atoms with van der Waals surface area (Å²) in [7, 11) is 1.36. The van der Waals surface area contributed by atoms with Crippen molar-refractivity contribution in [1.29, 1.82) is 0 Å². The van der Waals surface area contributed by atoms with Gasteiger partial charge in [-0.3, -0.25) is 4.79 Å². The van der Waals surface area contributed by atoms with Crippen molar-refractivity contribution >= 4 is 22.8 Å². The normalized spacial score (nSPS) is 13.7. The van der Waals surface area contributed by atoms with Crippen molar-refractivity contribution in [3.8, 4) is 0 Å². The topological polar surface area (TPSA) is 88.4 Å². The molecule has 0 unspecified atom stereocenters. The molecule has 1 aliphatic heterocycles. The summed E-state index contributed by atoms with van der Waals surface area (Å²) in [5, 5.41) is 4.82. The lowest BCUT2D eigenvalue weighted by molar-refractivity contribution is 0.0600. The third kappa shape index (κ3) is 2.47. The summed E-state index contributed by atoms with van der Waals surface area (Å²) in [6, 6.07) is 5.43. The highest BCUT2D eigenvalue weighted by atomic mass is 16.5. The number of methoxy groups -OCH3 is 1. The molecule has 1 amide bonds. The molecule has 0 atom stereocenters. The van der Waals surface area contributed by atoms with Gasteiger partial charge in [-0.15, -0.1) is 0 Å². The Balaban J connectivity index is 1.71. The number of carbonyl (C=O) groups excluding carboxylic acids is 2. The number of nitrogens with zero attached hydrogens (tertiary/aromatic N) is 2. The average Bonchev–Trinajstić information content (AvgIpc) is 3.18. The fraction of sp³-hybridized carbons (Fsp3) is 0.316. The fourth-order valence-electron chi connectivity index (χ4n) is 3.58. The van der Waals surface area contributed by atoms with Gasteiger partial charge < -0.3 is 19.1 Å². The molecule has 1 N–H and O–H groups in total. The first kappa shape index (κ1) is 16.4. The number of fused-ring (bicyclic) bond motifs is 3. The minimum Gasteiger partial charge on any atom is -0.465 e. The number of aromatic nitrogens is 2. The van der Waals surface area contributed by atoms with Crippen LogP contribution in [0, 0.1) is 13.8 Å². The second kappa shape index (κ2) is 6.01. The van der Waals surface area contributed by atoms with Crippen molar-refractivity contribution < 1.29 is 18.8 Å². The van der Waals surface area contributed by atoms with Gasteiger partial charge in [0.2, 0.25) is 0 Å². The summed E-state index contributed by atoms with van der Waals surface area (Å²) in [6.45, 7) is 4.61. The van der Waals surface area contributed by atoms with Crippen LogP contribution in [0.25, 0.3) is 10.9 Å². The Hall–Kier alpha value is -3.09. The Morgan fingerprint density at radius 2 is 2.12 bits per heavy atom. The Morgan fingerprint density at radius 3 is 2.81 bits per heavy atom. The van der Waals surface area contributed by atoms with Gasteiger partial charge >= 0.3 is 5.97 Å². The molecule has 7 nitrogen and oxygen atoms in total. The molecule has 1 aliphatic rings. The number of aromatic amines is 1. The summed E-state index contributed by atoms with van der Waals surface area (Å²) in [5.74, 6) is 0.0805. The molecule has 0 spiro atoms. The van der Waals surface area contributed by atoms with Gasteiger partial charge in [-0.25, -0.2) is 4.79 Å². The number of benzene rings is 1. The van der Waals surface area contributed by atoms with Crippen molar-refractivity contribution in [1.82, 2.24) is 15.0 Å². The summed E-state index contributed by atoms with van der Waals surface area (Å²) in [6.07, 6.45) is 0.729. The molecule has 0 aliphatic carbocycles. The molecular formula is C19H19N3O4. The second-order valence-electron chi connectivity index (χ2n) is 6.51. The van der Waals surface area contributed by atoms with Crippen molar-refractivity contribution in [2.75, 3.05) is 13.7 Å². The number of H-pyrrole nitrogens is 1. The minimum atomic E-state index is -0.374. The molecular weight excluding hydrogens is 334 g/mol. The maximum atomic E-state index is 12.9. The fourth-order valence-corrected chi connectivity index (χ4v) is 3.58. The van der Waals surface area contributed by atoms with E-state index in [2.05, 4.69) is 10.1 Å². The van der Waals surface area contributed by atoms with Gasteiger partial charge in [-0.2, -0.15) is 0 Å². The number of aryl methyl sites for hydroxylation is 2. The summed E-state index contributed by atoms with van der Waals surface area (Å²) in [4.78, 5) is 30.0. The van der Waals surface area contributed by atoms with Crippen LogP contribution in [-0.2, 0) is 17.7 Å². The van der Waals surface area contributed by atoms with E-state index in [0.29, 0.717) is 35.7 Å². The lowest BCUT2D eigenvalue weighted by Gasteiger charge is -2.27. The van der Waals surface area contributed by atoms with E-state index in [9.17, 15) is 9.59 Å². The standard InChI is InChI=1S/C19H19N3O4/c1-10-17(11(2)26-21-10)18(23)22-7-6-16-14(9-22)13-8-12(19(24)25-3)4-5-15(13)20-16/h4-5,8,20H,6-7,9H2,1-3H3. The van der Waals surface area contributed by atoms with Gasteiger partial charge in [0, 0.05) is 41.7 Å². The number of rotatable bonds is 2. The summed E-state index contributed by atoms with van der Waals surface area (Å²) in [5.41, 5.74) is 4.72. The second-order valence-corrected chi connectivity index (χ2v) is 6.51. The molecule has 7 heteroatoms. The molecule has 2 aromatic heterocycles. The highest BCUT2D eigenvalue weighted by molar-refractivity contribution is 5.98. The minimum absolute atomic E-state index is 0.0784. The van der Waals surface area contributed by atoms with Crippen LogP contribution in [0.15, 0.2) is 22.7 Å². The SMILES string of the molecule is COC(=O)c1ccc2[nH]c3c(c2c1)CN(C(=O)c1c(C)noc1C)CC3. The Bertz CT molecular complexity index is 1010. The van der Waals surface area contributed by atoms with Crippen LogP contribution < -0.4 is 0 Å². The Morgan fingerprint density at radius 1 is 1.31 bits per heavy atom. The first-order valence-electron chi connectivity index (χ1n) is 8.43. The molecule has 0 bridgehead atoms. The molecule has 3 aromatic rings. The predicted octanol–water partition coefficient (Wildman–Crippen LogP) is 2.76. The van der Waals surface area contributed by atoms with Crippen LogP contribution in [0.2, 0.25) is 0 Å². The molecule has 4 rings (SSSR count). The first-order valence-corrected chi connectivity index (χ1v) is 8.43. The van der Waals surface area contributed by atoms with E-state index in [1.165, 1.54) is 7.11 Å². The number of hydrogen-bond donors (Lipinski definition) is 1. The zero-order valence-electron chi connectivity index (χ0n) is 14.9. The summed E-state index contributed by atoms with van der Waals surface area (Å²) < 4.78 is 9.94. The Kier molecular flexibility index (Phi) is 3.79. The highest BCUT2D eigenvalue weighted by Crippen LogP contribution is 2.30. The van der Waals surface area contributed by atoms with Crippen LogP contribution in [0.4, 0.5) is 0 Å². The highest BCUT2D eigenvalue weighted by Gasteiger charge is 2.28. The van der Waals surface area contributed by atoms with E-state index in [4.69, 9.17) is 9.26 Å². The van der Waals surface area contributed by atoms with E-state index < -0.39 is 0 Å². The van der Waals surface area contributed by atoms with E-state index in [1.54, 1.807) is 24.8 Å². The zero-order valence-corrected chi connectivity index (χ0v) is 14.9. The van der Waals surface area contributed by atoms with Gasteiger partial charge in [0.15, 0.2) is 0 Å². The quantitative estimate of drug-likeness (QED) is 0.716. The molecule has 0 fully saturated rings. The summed E-state index contributed by atoms with van der Waals surface area (Å²) >= 11 is 0. The molecule has 1 aromatic carbocycles. The van der Waals surface area contributed by atoms with Crippen molar-refractivity contribution in [3.63, 3.8) is 0 Å². The Labute approximate surface area is 149 Å². The van der Waals surface area contributed by atoms with Crippen LogP contribution in [0.1, 0.15) is 43.4 Å². The average molecular weight is 353 g/mol. The molecule has 26 heavy (non-hydrogen) atoms. The molecule has 0 saturated heterocycles. The van der Waals surface area contributed by atoms with E-state index in [0.717, 1.165) is 28.6 Å². The maximum absolute atomic E-state index is 12.9. The monoisotopic (exact) mass is 353 g/mol. The van der Waals surface area contributed by atoms with Crippen molar-refractivity contribution in [2.45, 2.75) is 26.8 Å². The van der Waals surface area contributed by atoms with Crippen LogP contribution in [0.5, 0.6) is 0 Å². The van der Waals surface area contributed by atoms with Gasteiger partial charge in [0.1, 0.15) is 11.3 Å². The molecule has 0 saturated carbocycles. The number of carbonyl (C=O) groups is 2. The van der Waals surface area contributed by atoms with Gasteiger partial charge in [-0.1, -0.05) is 5.16 Å². The largest absolute Gasteiger partial charge is 0.465 e. The predicted molar refractivity (Wildman–Crippen MR) is 94.1 cm³/mol. The molecule has 134 valence electrons. The number of hydrogen-bond acceptors (Lipinski definition) is 5. The number of amides is 1.